The Morgan fingerprint density at radius 1 is 0.971 bits per heavy atom. The summed E-state index contributed by atoms with van der Waals surface area (Å²) in [6.07, 6.45) is 7.24. The van der Waals surface area contributed by atoms with Crippen LogP contribution in [-0.4, -0.2) is 133 Å². The first-order valence-corrected chi connectivity index (χ1v) is 24.2. The predicted molar refractivity (Wildman–Crippen MR) is 248 cm³/mol. The number of hydrogen-bond acceptors (Lipinski definition) is 11. The van der Waals surface area contributed by atoms with Gasteiger partial charge in [0.2, 0.25) is 11.8 Å². The molecule has 2 N–H and O–H groups in total. The SMILES string of the molecule is CC1CN(C[C@H]2CC[C@H](n3cc(NC(=O)c4cnn5ccc(N6CCC(CN7CCC7)CC6)nc45)c(C(F)F)n3)CC2)C[C@@H](F)[C@H]1OCC#Cc1cccc2c(C3CCC(=O)NC3=O)nn(C)c12. The van der Waals surface area contributed by atoms with Crippen molar-refractivity contribution in [1.82, 2.24) is 49.3 Å². The number of benzene rings is 1. The number of likely N-dealkylation sites (tertiary alicyclic amines) is 2. The van der Waals surface area contributed by atoms with Crippen molar-refractivity contribution in [2.24, 2.45) is 24.8 Å². The van der Waals surface area contributed by atoms with Crippen molar-refractivity contribution in [2.75, 3.05) is 69.2 Å². The van der Waals surface area contributed by atoms with E-state index in [0.717, 1.165) is 81.4 Å². The third-order valence-electron chi connectivity index (χ3n) is 14.9. The Hall–Kier alpha value is -5.84. The molecule has 19 heteroatoms. The van der Waals surface area contributed by atoms with Gasteiger partial charge in [0.15, 0.2) is 11.3 Å². The van der Waals surface area contributed by atoms with Gasteiger partial charge in [0.05, 0.1) is 46.7 Å². The minimum absolute atomic E-state index is 0.0302. The van der Waals surface area contributed by atoms with E-state index in [1.165, 1.54) is 36.4 Å². The summed E-state index contributed by atoms with van der Waals surface area (Å²) in [6, 6.07) is 7.42. The Labute approximate surface area is 392 Å². The normalized spacial score (nSPS) is 25.4. The van der Waals surface area contributed by atoms with E-state index < -0.39 is 36.2 Å². The second-order valence-electron chi connectivity index (χ2n) is 19.5. The van der Waals surface area contributed by atoms with E-state index in [0.29, 0.717) is 41.7 Å². The number of para-hydroxylation sites is 1. The Morgan fingerprint density at radius 2 is 1.75 bits per heavy atom. The topological polar surface area (TPSA) is 160 Å². The lowest BCUT2D eigenvalue weighted by Crippen LogP contribution is -2.52. The van der Waals surface area contributed by atoms with Gasteiger partial charge in [0, 0.05) is 70.5 Å². The zero-order valence-electron chi connectivity index (χ0n) is 38.6. The van der Waals surface area contributed by atoms with Gasteiger partial charge >= 0.3 is 0 Å². The van der Waals surface area contributed by atoms with Crippen LogP contribution in [0.3, 0.4) is 0 Å². The number of carbonyl (C=O) groups is 3. The van der Waals surface area contributed by atoms with Crippen LogP contribution in [0.4, 0.5) is 24.7 Å². The number of alkyl halides is 3. The number of aryl methyl sites for hydroxylation is 1. The first-order valence-electron chi connectivity index (χ1n) is 24.2. The van der Waals surface area contributed by atoms with Gasteiger partial charge in [-0.3, -0.25) is 34.0 Å². The summed E-state index contributed by atoms with van der Waals surface area (Å²) in [5.74, 6) is 6.20. The maximum Gasteiger partial charge on any atom is 0.284 e. The summed E-state index contributed by atoms with van der Waals surface area (Å²) in [6.45, 7) is 9.02. The zero-order valence-corrected chi connectivity index (χ0v) is 38.6. The molecule has 1 aromatic carbocycles. The minimum atomic E-state index is -2.89. The highest BCUT2D eigenvalue weighted by atomic mass is 19.3. The number of nitrogens with one attached hydrogen (secondary N) is 2. The van der Waals surface area contributed by atoms with Gasteiger partial charge in [0.1, 0.15) is 24.2 Å². The molecule has 0 bridgehead atoms. The maximum absolute atomic E-state index is 15.8. The average Bonchev–Trinajstić information content (AvgIpc) is 4.03. The molecule has 8 heterocycles. The molecule has 4 atom stereocenters. The summed E-state index contributed by atoms with van der Waals surface area (Å²) in [4.78, 5) is 49.7. The fourth-order valence-corrected chi connectivity index (χ4v) is 11.1. The molecule has 10 rings (SSSR count). The molecule has 16 nitrogen and oxygen atoms in total. The minimum Gasteiger partial charge on any atom is -0.362 e. The number of amides is 3. The molecule has 68 heavy (non-hydrogen) atoms. The molecule has 2 unspecified atom stereocenters. The molecule has 5 aliphatic rings. The molecule has 5 fully saturated rings. The van der Waals surface area contributed by atoms with Crippen molar-refractivity contribution in [2.45, 2.75) is 95.4 Å². The van der Waals surface area contributed by atoms with E-state index >= 15 is 4.39 Å². The first-order chi connectivity index (χ1) is 32.9. The average molecular weight is 937 g/mol. The zero-order chi connectivity index (χ0) is 47.1. The van der Waals surface area contributed by atoms with Crippen LogP contribution in [0.15, 0.2) is 42.9 Å². The van der Waals surface area contributed by atoms with Gasteiger partial charge in [-0.25, -0.2) is 22.7 Å². The number of anilines is 2. The summed E-state index contributed by atoms with van der Waals surface area (Å²) < 4.78 is 55.4. The van der Waals surface area contributed by atoms with E-state index in [2.05, 4.69) is 52.5 Å². The van der Waals surface area contributed by atoms with Crippen LogP contribution in [0.25, 0.3) is 16.6 Å². The summed E-state index contributed by atoms with van der Waals surface area (Å²) in [5, 5.41) is 19.2. The Morgan fingerprint density at radius 3 is 2.49 bits per heavy atom. The van der Waals surface area contributed by atoms with Crippen LogP contribution in [0.1, 0.15) is 110 Å². The van der Waals surface area contributed by atoms with Gasteiger partial charge in [-0.1, -0.05) is 30.9 Å². The van der Waals surface area contributed by atoms with Crippen molar-refractivity contribution in [3.05, 3.63) is 65.4 Å². The number of imide groups is 1. The summed E-state index contributed by atoms with van der Waals surface area (Å²) in [7, 11) is 1.80. The molecular weight excluding hydrogens is 878 g/mol. The Bertz CT molecular complexity index is 2710. The second-order valence-corrected chi connectivity index (χ2v) is 19.5. The highest BCUT2D eigenvalue weighted by Crippen LogP contribution is 2.37. The third kappa shape index (κ3) is 9.59. The Balaban J connectivity index is 0.705. The van der Waals surface area contributed by atoms with Gasteiger partial charge in [-0.2, -0.15) is 15.3 Å². The number of carbonyl (C=O) groups excluding carboxylic acids is 3. The molecular formula is C49H59F3N12O4. The highest BCUT2D eigenvalue weighted by Gasteiger charge is 2.37. The summed E-state index contributed by atoms with van der Waals surface area (Å²) in [5.41, 5.74) is 2.16. The second kappa shape index (κ2) is 19.6. The van der Waals surface area contributed by atoms with Crippen LogP contribution in [0.5, 0.6) is 0 Å². The third-order valence-corrected chi connectivity index (χ3v) is 14.9. The van der Waals surface area contributed by atoms with Gasteiger partial charge < -0.3 is 19.9 Å². The first kappa shape index (κ1) is 45.9. The molecule has 3 amide bonds. The molecule has 1 aliphatic carbocycles. The van der Waals surface area contributed by atoms with Crippen LogP contribution in [0, 0.1) is 29.6 Å². The number of rotatable bonds is 12. The molecule has 0 spiro atoms. The van der Waals surface area contributed by atoms with E-state index in [1.54, 1.807) is 22.6 Å². The smallest absolute Gasteiger partial charge is 0.284 e. The number of piperidine rings is 3. The van der Waals surface area contributed by atoms with E-state index in [1.807, 2.05) is 31.2 Å². The van der Waals surface area contributed by atoms with Gasteiger partial charge in [0.25, 0.3) is 12.3 Å². The maximum atomic E-state index is 15.8. The molecule has 4 aromatic heterocycles. The van der Waals surface area contributed by atoms with Crippen molar-refractivity contribution in [1.29, 1.82) is 0 Å². The van der Waals surface area contributed by atoms with Crippen LogP contribution in [-0.2, 0) is 21.4 Å². The van der Waals surface area contributed by atoms with Crippen molar-refractivity contribution in [3.8, 4) is 11.8 Å². The molecule has 5 aromatic rings. The Kier molecular flexibility index (Phi) is 13.3. The van der Waals surface area contributed by atoms with Crippen LogP contribution in [0.2, 0.25) is 0 Å². The van der Waals surface area contributed by atoms with Crippen molar-refractivity contribution >= 4 is 45.8 Å². The molecule has 4 aliphatic heterocycles. The van der Waals surface area contributed by atoms with Crippen molar-refractivity contribution in [3.63, 3.8) is 0 Å². The molecule has 1 saturated carbocycles. The van der Waals surface area contributed by atoms with E-state index in [9.17, 15) is 23.2 Å². The molecule has 0 radical (unpaired) electrons. The van der Waals surface area contributed by atoms with Crippen LogP contribution >= 0.6 is 0 Å². The number of halogens is 3. The number of fused-ring (bicyclic) bond motifs is 2. The van der Waals surface area contributed by atoms with E-state index in [4.69, 9.17) is 9.72 Å². The fraction of sp³-hybridized carbons (Fsp3) is 0.571. The lowest BCUT2D eigenvalue weighted by Gasteiger charge is -2.41. The number of hydrogen-bond donors (Lipinski definition) is 2. The largest absolute Gasteiger partial charge is 0.362 e. The quantitative estimate of drug-likeness (QED) is 0.113. The van der Waals surface area contributed by atoms with Crippen LogP contribution < -0.4 is 15.5 Å². The lowest BCUT2D eigenvalue weighted by molar-refractivity contribution is -0.134. The number of aromatic nitrogens is 7. The number of ether oxygens (including phenoxy) is 1. The monoisotopic (exact) mass is 936 g/mol. The van der Waals surface area contributed by atoms with Gasteiger partial charge in [-0.15, -0.1) is 0 Å². The molecule has 4 saturated heterocycles. The standard InChI is InChI=1S/C49H59F3N12O4/c1-30-25-61(28-38(50)45(30)68-23-4-7-33-6-3-8-35-42(57-59(2)44(33)35)36-13-14-41(65)56-48(36)66)27-31-9-11-34(12-10-31)64-29-39(43(58-64)46(51)52)54-49(67)37-24-53-63-22-17-40(55-47(37)63)62-20-15-32(16-21-62)26-60-18-5-19-60/h3,6,8,17,22,24,29-32,34,36,38,45-46H,5,9-16,18-21,23,25-28H2,1-2H3,(H,54,67)(H,56,65,66)/t30?,31-,34-,36?,38-,45+/m1/s1. The van der Waals surface area contributed by atoms with Crippen molar-refractivity contribution < 1.29 is 32.3 Å². The number of nitrogens with zero attached hydrogens (tertiary/aromatic N) is 10. The molecule has 360 valence electrons. The fourth-order valence-electron chi connectivity index (χ4n) is 11.1. The lowest BCUT2D eigenvalue weighted by atomic mass is 9.85. The van der Waals surface area contributed by atoms with Gasteiger partial charge in [-0.05, 0) is 94.3 Å². The van der Waals surface area contributed by atoms with E-state index in [-0.39, 0.29) is 54.6 Å². The highest BCUT2D eigenvalue weighted by molar-refractivity contribution is 6.08. The predicted octanol–water partition coefficient (Wildman–Crippen LogP) is 5.90. The summed E-state index contributed by atoms with van der Waals surface area (Å²) >= 11 is 0.